The third-order valence-corrected chi connectivity index (χ3v) is 5.25. The first-order valence-corrected chi connectivity index (χ1v) is 7.86. The molecule has 1 aromatic rings. The summed E-state index contributed by atoms with van der Waals surface area (Å²) in [5.74, 6) is 0.903. The molecule has 2 aliphatic rings. The second-order valence-electron chi connectivity index (χ2n) is 6.34. The number of hydrogen-bond acceptors (Lipinski definition) is 2. The number of fused-ring (bicyclic) bond motifs is 1. The maximum Gasteiger partial charge on any atom is 0.0362 e. The highest BCUT2D eigenvalue weighted by Crippen LogP contribution is 2.32. The van der Waals surface area contributed by atoms with Gasteiger partial charge < -0.3 is 5.73 Å². The Hall–Kier alpha value is -1.02. The van der Waals surface area contributed by atoms with E-state index >= 15 is 0 Å². The average Bonchev–Trinajstić information content (AvgIpc) is 2.47. The molecule has 1 atom stereocenters. The van der Waals surface area contributed by atoms with Gasteiger partial charge in [0.2, 0.25) is 0 Å². The minimum atomic E-state index is 0.716. The Kier molecular flexibility index (Phi) is 3.79. The lowest BCUT2D eigenvalue weighted by molar-refractivity contribution is 0.117. The standard InChI is InChI=1S/C17H26N2/c1-13(14-6-3-2-4-7-14)19-11-10-15-8-5-9-17(18)16(15)12-19/h5,8-9,13-14H,2-4,6-7,10-12,18H2,1H3. The van der Waals surface area contributed by atoms with Gasteiger partial charge in [-0.05, 0) is 49.3 Å². The zero-order valence-corrected chi connectivity index (χ0v) is 12.1. The molecule has 0 saturated heterocycles. The van der Waals surface area contributed by atoms with E-state index in [0.717, 1.165) is 24.6 Å². The monoisotopic (exact) mass is 258 g/mol. The summed E-state index contributed by atoms with van der Waals surface area (Å²) in [6, 6.07) is 7.10. The largest absolute Gasteiger partial charge is 0.398 e. The van der Waals surface area contributed by atoms with Gasteiger partial charge >= 0.3 is 0 Å². The Morgan fingerprint density at radius 2 is 2.00 bits per heavy atom. The quantitative estimate of drug-likeness (QED) is 0.821. The van der Waals surface area contributed by atoms with Crippen LogP contribution in [0.25, 0.3) is 0 Å². The number of anilines is 1. The van der Waals surface area contributed by atoms with Crippen LogP contribution in [0.3, 0.4) is 0 Å². The number of nitrogens with two attached hydrogens (primary N) is 1. The topological polar surface area (TPSA) is 29.3 Å². The van der Waals surface area contributed by atoms with Crippen LogP contribution in [-0.2, 0) is 13.0 Å². The zero-order valence-electron chi connectivity index (χ0n) is 12.1. The minimum absolute atomic E-state index is 0.716. The van der Waals surface area contributed by atoms with E-state index in [2.05, 4.69) is 24.0 Å². The molecule has 1 aliphatic heterocycles. The number of nitrogen functional groups attached to an aromatic ring is 1. The first-order valence-electron chi connectivity index (χ1n) is 7.86. The van der Waals surface area contributed by atoms with Crippen molar-refractivity contribution in [3.63, 3.8) is 0 Å². The fourth-order valence-electron chi connectivity index (χ4n) is 3.89. The van der Waals surface area contributed by atoms with Crippen LogP contribution in [0, 0.1) is 5.92 Å². The Labute approximate surface area is 117 Å². The number of benzene rings is 1. The molecule has 0 radical (unpaired) electrons. The molecule has 1 aromatic carbocycles. The van der Waals surface area contributed by atoms with Gasteiger partial charge in [0.25, 0.3) is 0 Å². The minimum Gasteiger partial charge on any atom is -0.398 e. The Morgan fingerprint density at radius 3 is 2.79 bits per heavy atom. The normalized spacial score (nSPS) is 23.0. The summed E-state index contributed by atoms with van der Waals surface area (Å²) in [5.41, 5.74) is 9.99. The van der Waals surface area contributed by atoms with Gasteiger partial charge in [0.15, 0.2) is 0 Å². The van der Waals surface area contributed by atoms with Crippen molar-refractivity contribution in [1.29, 1.82) is 0 Å². The molecule has 0 bridgehead atoms. The molecule has 1 aliphatic carbocycles. The molecule has 0 aromatic heterocycles. The molecule has 0 amide bonds. The van der Waals surface area contributed by atoms with E-state index < -0.39 is 0 Å². The molecule has 1 fully saturated rings. The summed E-state index contributed by atoms with van der Waals surface area (Å²) in [4.78, 5) is 2.66. The molecule has 2 nitrogen and oxygen atoms in total. The van der Waals surface area contributed by atoms with Crippen molar-refractivity contribution >= 4 is 5.69 Å². The fraction of sp³-hybridized carbons (Fsp3) is 0.647. The van der Waals surface area contributed by atoms with Gasteiger partial charge in [-0.1, -0.05) is 31.4 Å². The maximum atomic E-state index is 6.16. The summed E-state index contributed by atoms with van der Waals surface area (Å²) < 4.78 is 0. The lowest BCUT2D eigenvalue weighted by Crippen LogP contribution is -2.42. The fourth-order valence-corrected chi connectivity index (χ4v) is 3.89. The summed E-state index contributed by atoms with van der Waals surface area (Å²) in [7, 11) is 0. The molecule has 104 valence electrons. The molecule has 1 unspecified atom stereocenters. The Bertz CT molecular complexity index is 435. The van der Waals surface area contributed by atoms with Gasteiger partial charge in [-0.25, -0.2) is 0 Å². The van der Waals surface area contributed by atoms with Crippen molar-refractivity contribution in [3.8, 4) is 0 Å². The van der Waals surface area contributed by atoms with Gasteiger partial charge in [-0.15, -0.1) is 0 Å². The molecule has 19 heavy (non-hydrogen) atoms. The van der Waals surface area contributed by atoms with E-state index in [1.807, 2.05) is 6.07 Å². The van der Waals surface area contributed by atoms with E-state index in [1.54, 1.807) is 0 Å². The predicted molar refractivity (Wildman–Crippen MR) is 81.0 cm³/mol. The second kappa shape index (κ2) is 5.54. The van der Waals surface area contributed by atoms with Gasteiger partial charge in [-0.2, -0.15) is 0 Å². The highest BCUT2D eigenvalue weighted by molar-refractivity contribution is 5.51. The molecular weight excluding hydrogens is 232 g/mol. The van der Waals surface area contributed by atoms with Gasteiger partial charge in [0.1, 0.15) is 0 Å². The van der Waals surface area contributed by atoms with Crippen LogP contribution in [0.4, 0.5) is 5.69 Å². The van der Waals surface area contributed by atoms with E-state index in [-0.39, 0.29) is 0 Å². The van der Waals surface area contributed by atoms with Crippen LogP contribution in [0.1, 0.15) is 50.2 Å². The molecule has 2 N–H and O–H groups in total. The molecular formula is C17H26N2. The number of hydrogen-bond donors (Lipinski definition) is 1. The first kappa shape index (κ1) is 13.0. The number of nitrogens with zero attached hydrogens (tertiary/aromatic N) is 1. The summed E-state index contributed by atoms with van der Waals surface area (Å²) in [5, 5.41) is 0. The van der Waals surface area contributed by atoms with Crippen LogP contribution in [0.5, 0.6) is 0 Å². The van der Waals surface area contributed by atoms with Crippen LogP contribution >= 0.6 is 0 Å². The molecule has 3 rings (SSSR count). The van der Waals surface area contributed by atoms with Crippen LogP contribution in [-0.4, -0.2) is 17.5 Å². The average molecular weight is 258 g/mol. The van der Waals surface area contributed by atoms with Gasteiger partial charge in [0, 0.05) is 24.8 Å². The highest BCUT2D eigenvalue weighted by Gasteiger charge is 2.28. The summed E-state index contributed by atoms with van der Waals surface area (Å²) in [6.07, 6.45) is 8.32. The third kappa shape index (κ3) is 2.64. The van der Waals surface area contributed by atoms with E-state index in [9.17, 15) is 0 Å². The SMILES string of the molecule is CC(C1CCCCC1)N1CCc2cccc(N)c2C1. The third-order valence-electron chi connectivity index (χ3n) is 5.25. The molecule has 0 spiro atoms. The lowest BCUT2D eigenvalue weighted by Gasteiger charge is -2.39. The van der Waals surface area contributed by atoms with Crippen LogP contribution < -0.4 is 5.73 Å². The summed E-state index contributed by atoms with van der Waals surface area (Å²) >= 11 is 0. The Morgan fingerprint density at radius 1 is 1.21 bits per heavy atom. The van der Waals surface area contributed by atoms with Crippen molar-refractivity contribution in [1.82, 2.24) is 4.90 Å². The van der Waals surface area contributed by atoms with Crippen molar-refractivity contribution in [2.45, 2.75) is 58.0 Å². The number of rotatable bonds is 2. The predicted octanol–water partition coefficient (Wildman–Crippen LogP) is 3.60. The van der Waals surface area contributed by atoms with E-state index in [0.29, 0.717) is 6.04 Å². The van der Waals surface area contributed by atoms with Crippen molar-refractivity contribution in [2.75, 3.05) is 12.3 Å². The highest BCUT2D eigenvalue weighted by atomic mass is 15.2. The molecule has 1 saturated carbocycles. The van der Waals surface area contributed by atoms with Crippen LogP contribution in [0.15, 0.2) is 18.2 Å². The first-order chi connectivity index (χ1) is 9.25. The summed E-state index contributed by atoms with van der Waals surface area (Å²) in [6.45, 7) is 4.69. The smallest absolute Gasteiger partial charge is 0.0362 e. The van der Waals surface area contributed by atoms with Crippen LogP contribution in [0.2, 0.25) is 0 Å². The van der Waals surface area contributed by atoms with Crippen molar-refractivity contribution < 1.29 is 0 Å². The van der Waals surface area contributed by atoms with E-state index in [4.69, 9.17) is 5.73 Å². The van der Waals surface area contributed by atoms with Gasteiger partial charge in [0.05, 0.1) is 0 Å². The van der Waals surface area contributed by atoms with Crippen molar-refractivity contribution in [3.05, 3.63) is 29.3 Å². The maximum absolute atomic E-state index is 6.16. The lowest BCUT2D eigenvalue weighted by atomic mass is 9.83. The van der Waals surface area contributed by atoms with Gasteiger partial charge in [-0.3, -0.25) is 4.90 Å². The molecule has 2 heteroatoms. The molecule has 1 heterocycles. The zero-order chi connectivity index (χ0) is 13.2. The Balaban J connectivity index is 1.72. The van der Waals surface area contributed by atoms with Crippen molar-refractivity contribution in [2.24, 2.45) is 5.92 Å². The second-order valence-corrected chi connectivity index (χ2v) is 6.34. The van der Waals surface area contributed by atoms with E-state index in [1.165, 1.54) is 49.8 Å².